The molecule has 4 heteroatoms. The number of halogens is 1. The molecule has 0 spiro atoms. The molecule has 0 saturated heterocycles. The molecule has 0 atom stereocenters. The first-order valence-electron chi connectivity index (χ1n) is 6.43. The number of hydrogen-bond donors (Lipinski definition) is 2. The molecule has 3 nitrogen and oxygen atoms in total. The average molecular weight is 268 g/mol. The van der Waals surface area contributed by atoms with Crippen molar-refractivity contribution in [3.8, 4) is 0 Å². The van der Waals surface area contributed by atoms with Crippen molar-refractivity contribution in [1.29, 1.82) is 0 Å². The fraction of sp³-hybridized carbons (Fsp3) is 0.500. The van der Waals surface area contributed by atoms with Gasteiger partial charge in [0.25, 0.3) is 0 Å². The lowest BCUT2D eigenvalue weighted by Gasteiger charge is -2.12. The number of carbonyl (C=O) groups is 1. The summed E-state index contributed by atoms with van der Waals surface area (Å²) in [4.78, 5) is 11.1. The minimum Gasteiger partial charge on any atom is -0.478 e. The Labute approximate surface area is 112 Å². The van der Waals surface area contributed by atoms with Crippen LogP contribution in [0, 0.1) is 5.92 Å². The molecule has 1 aliphatic carbocycles. The second-order valence-electron chi connectivity index (χ2n) is 4.86. The van der Waals surface area contributed by atoms with E-state index in [0.29, 0.717) is 10.7 Å². The van der Waals surface area contributed by atoms with Crippen LogP contribution in [0.1, 0.15) is 42.5 Å². The molecule has 18 heavy (non-hydrogen) atoms. The van der Waals surface area contributed by atoms with Gasteiger partial charge in [0.05, 0.1) is 11.3 Å². The van der Waals surface area contributed by atoms with Crippen LogP contribution in [-0.2, 0) is 0 Å². The Morgan fingerprint density at radius 1 is 1.39 bits per heavy atom. The van der Waals surface area contributed by atoms with Crippen molar-refractivity contribution in [3.63, 3.8) is 0 Å². The van der Waals surface area contributed by atoms with Crippen molar-refractivity contribution in [2.75, 3.05) is 11.9 Å². The molecule has 0 radical (unpaired) electrons. The van der Waals surface area contributed by atoms with Gasteiger partial charge >= 0.3 is 5.97 Å². The topological polar surface area (TPSA) is 49.3 Å². The van der Waals surface area contributed by atoms with Crippen LogP contribution >= 0.6 is 11.6 Å². The summed E-state index contributed by atoms with van der Waals surface area (Å²) in [6.45, 7) is 0.811. The number of benzene rings is 1. The van der Waals surface area contributed by atoms with Crippen LogP contribution in [0.4, 0.5) is 5.69 Å². The molecule has 0 unspecified atom stereocenters. The summed E-state index contributed by atoms with van der Waals surface area (Å²) in [7, 11) is 0. The van der Waals surface area contributed by atoms with Crippen molar-refractivity contribution in [1.82, 2.24) is 0 Å². The van der Waals surface area contributed by atoms with Crippen LogP contribution in [0.5, 0.6) is 0 Å². The van der Waals surface area contributed by atoms with E-state index in [4.69, 9.17) is 16.7 Å². The Balaban J connectivity index is 1.94. The average Bonchev–Trinajstić information content (AvgIpc) is 2.82. The standard InChI is InChI=1S/C14H18ClNO2/c15-11-5-6-12(14(17)18)13(9-11)16-8-7-10-3-1-2-4-10/h5-6,9-10,16H,1-4,7-8H2,(H,17,18). The minimum atomic E-state index is -0.921. The van der Waals surface area contributed by atoms with Gasteiger partial charge in [0.1, 0.15) is 0 Å². The highest BCUT2D eigenvalue weighted by Crippen LogP contribution is 2.28. The van der Waals surface area contributed by atoms with Crippen LogP contribution < -0.4 is 5.32 Å². The summed E-state index contributed by atoms with van der Waals surface area (Å²) in [5.41, 5.74) is 0.902. The first-order valence-corrected chi connectivity index (χ1v) is 6.81. The molecule has 0 amide bonds. The van der Waals surface area contributed by atoms with E-state index in [-0.39, 0.29) is 5.56 Å². The number of anilines is 1. The summed E-state index contributed by atoms with van der Waals surface area (Å²) in [5.74, 6) is -0.125. The Kier molecular flexibility index (Phi) is 4.48. The normalized spacial score (nSPS) is 15.8. The number of aromatic carboxylic acids is 1. The molecular weight excluding hydrogens is 250 g/mol. The molecule has 0 aromatic heterocycles. The molecule has 2 rings (SSSR count). The van der Waals surface area contributed by atoms with E-state index in [1.165, 1.54) is 25.7 Å². The summed E-state index contributed by atoms with van der Waals surface area (Å²) in [6.07, 6.45) is 6.39. The monoisotopic (exact) mass is 267 g/mol. The van der Waals surface area contributed by atoms with Gasteiger partial charge < -0.3 is 10.4 Å². The van der Waals surface area contributed by atoms with E-state index < -0.39 is 5.97 Å². The van der Waals surface area contributed by atoms with Crippen LogP contribution in [0.2, 0.25) is 5.02 Å². The van der Waals surface area contributed by atoms with E-state index in [1.54, 1.807) is 18.2 Å². The van der Waals surface area contributed by atoms with Gasteiger partial charge in [0.15, 0.2) is 0 Å². The van der Waals surface area contributed by atoms with Gasteiger partial charge in [-0.3, -0.25) is 0 Å². The highest BCUT2D eigenvalue weighted by atomic mass is 35.5. The van der Waals surface area contributed by atoms with E-state index in [2.05, 4.69) is 5.32 Å². The third-order valence-electron chi connectivity index (χ3n) is 3.55. The quantitative estimate of drug-likeness (QED) is 0.847. The van der Waals surface area contributed by atoms with Crippen molar-refractivity contribution >= 4 is 23.3 Å². The molecular formula is C14H18ClNO2. The number of hydrogen-bond acceptors (Lipinski definition) is 2. The summed E-state index contributed by atoms with van der Waals surface area (Å²) < 4.78 is 0. The van der Waals surface area contributed by atoms with Gasteiger partial charge in [-0.2, -0.15) is 0 Å². The van der Waals surface area contributed by atoms with Gasteiger partial charge in [-0.05, 0) is 30.5 Å². The third kappa shape index (κ3) is 3.39. The molecule has 0 aliphatic heterocycles. The van der Waals surface area contributed by atoms with Crippen molar-refractivity contribution < 1.29 is 9.90 Å². The lowest BCUT2D eigenvalue weighted by Crippen LogP contribution is -2.10. The number of rotatable bonds is 5. The molecule has 2 N–H and O–H groups in total. The predicted octanol–water partition coefficient (Wildman–Crippen LogP) is 4.03. The van der Waals surface area contributed by atoms with Gasteiger partial charge in [-0.25, -0.2) is 4.79 Å². The van der Waals surface area contributed by atoms with Crippen molar-refractivity contribution in [3.05, 3.63) is 28.8 Å². The summed E-state index contributed by atoms with van der Waals surface area (Å²) in [6, 6.07) is 4.83. The van der Waals surface area contributed by atoms with Crippen LogP contribution in [-0.4, -0.2) is 17.6 Å². The maximum atomic E-state index is 11.1. The maximum absolute atomic E-state index is 11.1. The second-order valence-corrected chi connectivity index (χ2v) is 5.30. The molecule has 1 aromatic carbocycles. The Hall–Kier alpha value is -1.22. The number of nitrogens with one attached hydrogen (secondary N) is 1. The molecule has 0 heterocycles. The van der Waals surface area contributed by atoms with Crippen LogP contribution in [0.3, 0.4) is 0 Å². The van der Waals surface area contributed by atoms with Gasteiger partial charge in [-0.15, -0.1) is 0 Å². The molecule has 1 fully saturated rings. The SMILES string of the molecule is O=C(O)c1ccc(Cl)cc1NCCC1CCCC1. The fourth-order valence-electron chi connectivity index (χ4n) is 2.56. The molecule has 98 valence electrons. The van der Waals surface area contributed by atoms with Crippen molar-refractivity contribution in [2.24, 2.45) is 5.92 Å². The number of carboxylic acids is 1. The third-order valence-corrected chi connectivity index (χ3v) is 3.79. The van der Waals surface area contributed by atoms with E-state index in [0.717, 1.165) is 18.9 Å². The van der Waals surface area contributed by atoms with Crippen molar-refractivity contribution in [2.45, 2.75) is 32.1 Å². The highest BCUT2D eigenvalue weighted by Gasteiger charge is 2.15. The Morgan fingerprint density at radius 2 is 2.11 bits per heavy atom. The minimum absolute atomic E-state index is 0.283. The molecule has 0 bridgehead atoms. The molecule has 1 aromatic rings. The first kappa shape index (κ1) is 13.2. The summed E-state index contributed by atoms with van der Waals surface area (Å²) >= 11 is 5.89. The Bertz CT molecular complexity index is 428. The molecule has 1 saturated carbocycles. The highest BCUT2D eigenvalue weighted by molar-refractivity contribution is 6.31. The predicted molar refractivity (Wildman–Crippen MR) is 73.5 cm³/mol. The van der Waals surface area contributed by atoms with Crippen LogP contribution in [0.25, 0.3) is 0 Å². The zero-order valence-electron chi connectivity index (χ0n) is 10.3. The Morgan fingerprint density at radius 3 is 2.78 bits per heavy atom. The number of carboxylic acid groups (broad SMARTS) is 1. The smallest absolute Gasteiger partial charge is 0.337 e. The fourth-order valence-corrected chi connectivity index (χ4v) is 2.73. The summed E-state index contributed by atoms with van der Waals surface area (Å²) in [5, 5.41) is 12.8. The zero-order valence-corrected chi connectivity index (χ0v) is 11.0. The van der Waals surface area contributed by atoms with Gasteiger partial charge in [-0.1, -0.05) is 37.3 Å². The maximum Gasteiger partial charge on any atom is 0.337 e. The van der Waals surface area contributed by atoms with Crippen LogP contribution in [0.15, 0.2) is 18.2 Å². The lowest BCUT2D eigenvalue weighted by atomic mass is 10.0. The van der Waals surface area contributed by atoms with E-state index >= 15 is 0 Å². The van der Waals surface area contributed by atoms with E-state index in [9.17, 15) is 4.79 Å². The largest absolute Gasteiger partial charge is 0.478 e. The lowest BCUT2D eigenvalue weighted by molar-refractivity contribution is 0.0698. The van der Waals surface area contributed by atoms with E-state index in [1.807, 2.05) is 0 Å². The zero-order chi connectivity index (χ0) is 13.0. The van der Waals surface area contributed by atoms with Gasteiger partial charge in [0, 0.05) is 11.6 Å². The van der Waals surface area contributed by atoms with Gasteiger partial charge in [0.2, 0.25) is 0 Å². The first-order chi connectivity index (χ1) is 8.66. The second kappa shape index (κ2) is 6.10. The molecule has 1 aliphatic rings.